The predicted octanol–water partition coefficient (Wildman–Crippen LogP) is 3.75. The van der Waals surface area contributed by atoms with Gasteiger partial charge in [0, 0.05) is 0 Å². The Labute approximate surface area is 116 Å². The molecule has 0 aromatic heterocycles. The molecule has 0 amide bonds. The molecule has 0 aliphatic rings. The molecular formula is C16H22O2Si. The number of benzene rings is 1. The molecule has 0 aliphatic carbocycles. The molecule has 1 rings (SSSR count). The molecule has 0 spiro atoms. The molecule has 0 fully saturated rings. The minimum Gasteiger partial charge on any atom is -0.465 e. The van der Waals surface area contributed by atoms with Crippen molar-refractivity contribution >= 4 is 14.0 Å². The van der Waals surface area contributed by atoms with Gasteiger partial charge in [0.15, 0.2) is 0 Å². The van der Waals surface area contributed by atoms with E-state index < -0.39 is 8.07 Å². The van der Waals surface area contributed by atoms with Crippen LogP contribution in [0.1, 0.15) is 12.0 Å². The summed E-state index contributed by atoms with van der Waals surface area (Å²) in [5, 5.41) is 0.725. The second-order valence-corrected chi connectivity index (χ2v) is 10.5. The zero-order valence-electron chi connectivity index (χ0n) is 12.2. The average molecular weight is 274 g/mol. The summed E-state index contributed by atoms with van der Waals surface area (Å²) in [4.78, 5) is 11.7. The Kier molecular flexibility index (Phi) is 5.81. The van der Waals surface area contributed by atoms with Gasteiger partial charge in [0.05, 0.1) is 20.4 Å². The molecule has 1 aromatic carbocycles. The highest BCUT2D eigenvalue weighted by Gasteiger charge is 2.26. The molecule has 0 atom stereocenters. The molecule has 0 aliphatic heterocycles. The van der Waals surface area contributed by atoms with Crippen LogP contribution in [0.2, 0.25) is 19.6 Å². The van der Waals surface area contributed by atoms with Gasteiger partial charge in [0.2, 0.25) is 0 Å². The fourth-order valence-electron chi connectivity index (χ4n) is 1.74. The summed E-state index contributed by atoms with van der Waals surface area (Å²) in [5.74, 6) is -0.241. The lowest BCUT2D eigenvalue weighted by molar-refractivity contribution is -0.135. The topological polar surface area (TPSA) is 26.3 Å². The first-order valence-corrected chi connectivity index (χ1v) is 10.0. The average Bonchev–Trinajstić information content (AvgIpc) is 2.37. The van der Waals surface area contributed by atoms with Crippen molar-refractivity contribution in [2.24, 2.45) is 0 Å². The molecule has 3 heteroatoms. The molecular weight excluding hydrogens is 252 g/mol. The first kappa shape index (κ1) is 15.5. The Morgan fingerprint density at radius 1 is 1.26 bits per heavy atom. The van der Waals surface area contributed by atoms with E-state index >= 15 is 0 Å². The standard InChI is InChI=1S/C16H22O2Si/c1-18-16(17)15(19(2,3)4)13-9-8-12-14-10-6-5-7-11-14/h5-7,9-11H,8,12H2,1-4H3. The first-order chi connectivity index (χ1) is 8.95. The molecule has 0 saturated heterocycles. The summed E-state index contributed by atoms with van der Waals surface area (Å²) in [6.07, 6.45) is 3.81. The van der Waals surface area contributed by atoms with Gasteiger partial charge in [-0.1, -0.05) is 50.0 Å². The van der Waals surface area contributed by atoms with Gasteiger partial charge in [-0.25, -0.2) is 4.79 Å². The number of rotatable bonds is 5. The summed E-state index contributed by atoms with van der Waals surface area (Å²) in [6, 6.07) is 10.3. The number of hydrogen-bond donors (Lipinski definition) is 0. The van der Waals surface area contributed by atoms with E-state index in [1.54, 1.807) is 0 Å². The Bertz CT molecular complexity index is 477. The van der Waals surface area contributed by atoms with Crippen LogP contribution < -0.4 is 0 Å². The van der Waals surface area contributed by atoms with Crippen LogP contribution in [-0.4, -0.2) is 21.2 Å². The molecule has 0 radical (unpaired) electrons. The lowest BCUT2D eigenvalue weighted by atomic mass is 10.1. The van der Waals surface area contributed by atoms with Crippen LogP contribution in [-0.2, 0) is 16.0 Å². The molecule has 2 nitrogen and oxygen atoms in total. The van der Waals surface area contributed by atoms with Crippen molar-refractivity contribution in [2.75, 3.05) is 7.11 Å². The summed E-state index contributed by atoms with van der Waals surface area (Å²) < 4.78 is 4.83. The Balaban J connectivity index is 2.74. The number of methoxy groups -OCH3 is 1. The maximum Gasteiger partial charge on any atom is 0.337 e. The van der Waals surface area contributed by atoms with Crippen molar-refractivity contribution < 1.29 is 9.53 Å². The summed E-state index contributed by atoms with van der Waals surface area (Å²) in [6.45, 7) is 6.37. The smallest absolute Gasteiger partial charge is 0.337 e. The van der Waals surface area contributed by atoms with Gasteiger partial charge in [-0.3, -0.25) is 0 Å². The number of aryl methyl sites for hydroxylation is 1. The van der Waals surface area contributed by atoms with Crippen molar-refractivity contribution in [3.63, 3.8) is 0 Å². The van der Waals surface area contributed by atoms with E-state index in [1.165, 1.54) is 12.7 Å². The highest BCUT2D eigenvalue weighted by atomic mass is 28.3. The fourth-order valence-corrected chi connectivity index (χ4v) is 2.99. The van der Waals surface area contributed by atoms with E-state index in [2.05, 4.69) is 37.5 Å². The van der Waals surface area contributed by atoms with Crippen LogP contribution in [0.5, 0.6) is 0 Å². The normalized spacial score (nSPS) is 10.5. The van der Waals surface area contributed by atoms with Gasteiger partial charge in [-0.15, -0.1) is 5.73 Å². The number of carbonyl (C=O) groups is 1. The number of esters is 1. The predicted molar refractivity (Wildman–Crippen MR) is 81.7 cm³/mol. The van der Waals surface area contributed by atoms with Crippen LogP contribution in [0.15, 0.2) is 47.3 Å². The van der Waals surface area contributed by atoms with Crippen LogP contribution in [0, 0.1) is 0 Å². The Morgan fingerprint density at radius 3 is 2.42 bits per heavy atom. The van der Waals surface area contributed by atoms with Gasteiger partial charge in [-0.05, 0) is 24.5 Å². The summed E-state index contributed by atoms with van der Waals surface area (Å²) in [5.41, 5.74) is 4.46. The van der Waals surface area contributed by atoms with Crippen LogP contribution >= 0.6 is 0 Å². The molecule has 0 bridgehead atoms. The molecule has 0 N–H and O–H groups in total. The molecule has 0 heterocycles. The minimum absolute atomic E-state index is 0.241. The highest BCUT2D eigenvalue weighted by Crippen LogP contribution is 2.14. The number of carbonyl (C=O) groups excluding carboxylic acids is 1. The molecule has 0 saturated carbocycles. The van der Waals surface area contributed by atoms with Crippen molar-refractivity contribution in [3.8, 4) is 0 Å². The maximum absolute atomic E-state index is 11.7. The van der Waals surface area contributed by atoms with Crippen molar-refractivity contribution in [3.05, 3.63) is 52.9 Å². The van der Waals surface area contributed by atoms with Crippen molar-refractivity contribution in [1.29, 1.82) is 0 Å². The van der Waals surface area contributed by atoms with E-state index in [4.69, 9.17) is 4.74 Å². The second-order valence-electron chi connectivity index (χ2n) is 5.49. The van der Waals surface area contributed by atoms with E-state index in [-0.39, 0.29) is 5.97 Å². The molecule has 102 valence electrons. The van der Waals surface area contributed by atoms with E-state index in [9.17, 15) is 4.79 Å². The number of hydrogen-bond acceptors (Lipinski definition) is 2. The van der Waals surface area contributed by atoms with Gasteiger partial charge in [-0.2, -0.15) is 0 Å². The Hall–Kier alpha value is -1.57. The molecule has 0 unspecified atom stereocenters. The third-order valence-electron chi connectivity index (χ3n) is 2.81. The minimum atomic E-state index is -1.70. The highest BCUT2D eigenvalue weighted by molar-refractivity contribution is 6.86. The third-order valence-corrected chi connectivity index (χ3v) is 4.65. The zero-order valence-corrected chi connectivity index (χ0v) is 13.2. The lowest BCUT2D eigenvalue weighted by Crippen LogP contribution is -2.29. The van der Waals surface area contributed by atoms with Gasteiger partial charge < -0.3 is 4.74 Å². The molecule has 19 heavy (non-hydrogen) atoms. The molecule has 1 aromatic rings. The quantitative estimate of drug-likeness (QED) is 0.354. The summed E-state index contributed by atoms with van der Waals surface area (Å²) >= 11 is 0. The Morgan fingerprint density at radius 2 is 1.89 bits per heavy atom. The van der Waals surface area contributed by atoms with Crippen LogP contribution in [0.25, 0.3) is 0 Å². The summed E-state index contributed by atoms with van der Waals surface area (Å²) in [7, 11) is -0.275. The van der Waals surface area contributed by atoms with E-state index in [0.29, 0.717) is 0 Å². The SMILES string of the molecule is COC(=O)C(=C=CCCc1ccccc1)[Si](C)(C)C. The van der Waals surface area contributed by atoms with Crippen molar-refractivity contribution in [1.82, 2.24) is 0 Å². The lowest BCUT2D eigenvalue weighted by Gasteiger charge is -2.15. The van der Waals surface area contributed by atoms with Gasteiger partial charge in [0.1, 0.15) is 0 Å². The van der Waals surface area contributed by atoms with E-state index in [0.717, 1.165) is 18.0 Å². The first-order valence-electron chi connectivity index (χ1n) is 6.53. The third kappa shape index (κ3) is 5.29. The van der Waals surface area contributed by atoms with Gasteiger partial charge in [0.25, 0.3) is 0 Å². The monoisotopic (exact) mass is 274 g/mol. The number of ether oxygens (including phenoxy) is 1. The fraction of sp³-hybridized carbons (Fsp3) is 0.375. The van der Waals surface area contributed by atoms with Crippen molar-refractivity contribution in [2.45, 2.75) is 32.5 Å². The van der Waals surface area contributed by atoms with Gasteiger partial charge >= 0.3 is 5.97 Å². The maximum atomic E-state index is 11.7. The van der Waals surface area contributed by atoms with E-state index in [1.807, 2.05) is 24.3 Å². The van der Waals surface area contributed by atoms with Crippen LogP contribution in [0.4, 0.5) is 0 Å². The second kappa shape index (κ2) is 7.12. The largest absolute Gasteiger partial charge is 0.465 e. The van der Waals surface area contributed by atoms with Crippen LogP contribution in [0.3, 0.4) is 0 Å². The zero-order chi connectivity index (χ0) is 14.3.